The van der Waals surface area contributed by atoms with E-state index in [1.807, 2.05) is 24.3 Å². The van der Waals surface area contributed by atoms with E-state index in [1.54, 1.807) is 37.6 Å². The Morgan fingerprint density at radius 2 is 1.78 bits per heavy atom. The largest absolute Gasteiger partial charge is 0.496 e. The van der Waals surface area contributed by atoms with E-state index < -0.39 is 0 Å². The number of amides is 1. The Balaban J connectivity index is 1.62. The molecular formula is C21H20FN3O2. The standard InChI is InChI=1S/C21H20FN3O2/c1-27-20-9-5-3-7-16(20)13-25-21(26)17-10-18(14-23-11-17)24-12-15-6-2-4-8-19(15)22/h2-11,14,24H,12-13H2,1H3,(H,25,26). The van der Waals surface area contributed by atoms with Crippen LogP contribution in [0.15, 0.2) is 67.0 Å². The lowest BCUT2D eigenvalue weighted by Crippen LogP contribution is -2.23. The summed E-state index contributed by atoms with van der Waals surface area (Å²) in [5, 5.41) is 5.94. The summed E-state index contributed by atoms with van der Waals surface area (Å²) in [6, 6.07) is 15.7. The van der Waals surface area contributed by atoms with E-state index in [9.17, 15) is 9.18 Å². The van der Waals surface area contributed by atoms with E-state index in [-0.39, 0.29) is 11.7 Å². The van der Waals surface area contributed by atoms with Gasteiger partial charge >= 0.3 is 0 Å². The van der Waals surface area contributed by atoms with Crippen LogP contribution in [0.4, 0.5) is 10.1 Å². The highest BCUT2D eigenvalue weighted by Gasteiger charge is 2.09. The summed E-state index contributed by atoms with van der Waals surface area (Å²) in [5.41, 5.74) is 2.49. The molecule has 0 bridgehead atoms. The number of rotatable bonds is 7. The Morgan fingerprint density at radius 1 is 1.04 bits per heavy atom. The summed E-state index contributed by atoms with van der Waals surface area (Å²) in [6.45, 7) is 0.649. The molecule has 138 valence electrons. The molecule has 27 heavy (non-hydrogen) atoms. The number of nitrogens with zero attached hydrogens (tertiary/aromatic N) is 1. The van der Waals surface area contributed by atoms with Gasteiger partial charge in [-0.1, -0.05) is 36.4 Å². The molecule has 5 nitrogen and oxygen atoms in total. The molecule has 0 atom stereocenters. The Hall–Kier alpha value is -3.41. The van der Waals surface area contributed by atoms with Gasteiger partial charge in [-0.15, -0.1) is 0 Å². The number of aromatic nitrogens is 1. The molecule has 0 aliphatic carbocycles. The summed E-state index contributed by atoms with van der Waals surface area (Å²) in [6.07, 6.45) is 3.09. The average Bonchev–Trinajstić information content (AvgIpc) is 2.72. The van der Waals surface area contributed by atoms with Gasteiger partial charge < -0.3 is 15.4 Å². The van der Waals surface area contributed by atoms with Crippen LogP contribution >= 0.6 is 0 Å². The molecule has 0 fully saturated rings. The normalized spacial score (nSPS) is 10.3. The Bertz CT molecular complexity index is 931. The van der Waals surface area contributed by atoms with E-state index >= 15 is 0 Å². The first-order valence-electron chi connectivity index (χ1n) is 8.50. The Labute approximate surface area is 157 Å². The molecule has 0 spiro atoms. The number of hydrogen-bond donors (Lipinski definition) is 2. The van der Waals surface area contributed by atoms with Crippen LogP contribution < -0.4 is 15.4 Å². The second-order valence-corrected chi connectivity index (χ2v) is 5.90. The minimum atomic E-state index is -0.274. The fraction of sp³-hybridized carbons (Fsp3) is 0.143. The summed E-state index contributed by atoms with van der Waals surface area (Å²) in [5.74, 6) is 0.197. The predicted molar refractivity (Wildman–Crippen MR) is 102 cm³/mol. The van der Waals surface area contributed by atoms with Crippen molar-refractivity contribution in [1.29, 1.82) is 0 Å². The van der Waals surface area contributed by atoms with E-state index in [1.165, 1.54) is 12.3 Å². The Kier molecular flexibility index (Phi) is 5.99. The number of pyridine rings is 1. The quantitative estimate of drug-likeness (QED) is 0.669. The first kappa shape index (κ1) is 18.4. The number of carbonyl (C=O) groups is 1. The maximum atomic E-state index is 13.7. The smallest absolute Gasteiger partial charge is 0.253 e. The van der Waals surface area contributed by atoms with Crippen LogP contribution in [0.1, 0.15) is 21.5 Å². The van der Waals surface area contributed by atoms with Gasteiger partial charge in [-0.05, 0) is 18.2 Å². The molecule has 2 aromatic carbocycles. The number of ether oxygens (including phenoxy) is 1. The molecule has 1 heterocycles. The highest BCUT2D eigenvalue weighted by Crippen LogP contribution is 2.17. The van der Waals surface area contributed by atoms with E-state index in [0.717, 1.165) is 11.3 Å². The minimum absolute atomic E-state index is 0.247. The molecular weight excluding hydrogens is 345 g/mol. The minimum Gasteiger partial charge on any atom is -0.496 e. The third-order valence-corrected chi connectivity index (χ3v) is 4.07. The Morgan fingerprint density at radius 3 is 2.56 bits per heavy atom. The SMILES string of the molecule is COc1ccccc1CNC(=O)c1cncc(NCc2ccccc2F)c1. The van der Waals surface area contributed by atoms with Gasteiger partial charge in [-0.3, -0.25) is 9.78 Å². The fourth-order valence-corrected chi connectivity index (χ4v) is 2.63. The van der Waals surface area contributed by atoms with Crippen LogP contribution in [0.3, 0.4) is 0 Å². The number of para-hydroxylation sites is 1. The molecule has 6 heteroatoms. The molecule has 0 radical (unpaired) electrons. The van der Waals surface area contributed by atoms with Crippen LogP contribution in [0.5, 0.6) is 5.75 Å². The molecule has 3 rings (SSSR count). The van der Waals surface area contributed by atoms with Gasteiger partial charge in [0.2, 0.25) is 0 Å². The molecule has 2 N–H and O–H groups in total. The number of anilines is 1. The predicted octanol–water partition coefficient (Wildman–Crippen LogP) is 3.77. The molecule has 0 aliphatic rings. The zero-order valence-electron chi connectivity index (χ0n) is 14.9. The highest BCUT2D eigenvalue weighted by molar-refractivity contribution is 5.94. The van der Waals surface area contributed by atoms with Crippen LogP contribution in [-0.4, -0.2) is 18.0 Å². The van der Waals surface area contributed by atoms with Crippen LogP contribution in [0, 0.1) is 5.82 Å². The van der Waals surface area contributed by atoms with Crippen molar-refractivity contribution in [3.63, 3.8) is 0 Å². The number of methoxy groups -OCH3 is 1. The lowest BCUT2D eigenvalue weighted by molar-refractivity contribution is 0.0950. The van der Waals surface area contributed by atoms with E-state index in [0.29, 0.717) is 29.9 Å². The van der Waals surface area contributed by atoms with Gasteiger partial charge in [0, 0.05) is 36.6 Å². The lowest BCUT2D eigenvalue weighted by Gasteiger charge is -2.11. The van der Waals surface area contributed by atoms with Gasteiger partial charge in [0.05, 0.1) is 18.4 Å². The van der Waals surface area contributed by atoms with Crippen molar-refractivity contribution in [2.45, 2.75) is 13.1 Å². The van der Waals surface area contributed by atoms with Crippen molar-refractivity contribution in [2.75, 3.05) is 12.4 Å². The maximum absolute atomic E-state index is 13.7. The zero-order chi connectivity index (χ0) is 19.1. The van der Waals surface area contributed by atoms with Gasteiger partial charge in [0.1, 0.15) is 11.6 Å². The van der Waals surface area contributed by atoms with Crippen molar-refractivity contribution >= 4 is 11.6 Å². The van der Waals surface area contributed by atoms with Crippen molar-refractivity contribution < 1.29 is 13.9 Å². The monoisotopic (exact) mass is 365 g/mol. The molecule has 1 amide bonds. The number of hydrogen-bond acceptors (Lipinski definition) is 4. The van der Waals surface area contributed by atoms with Crippen LogP contribution in [0.2, 0.25) is 0 Å². The van der Waals surface area contributed by atoms with Crippen molar-refractivity contribution in [3.8, 4) is 5.75 Å². The van der Waals surface area contributed by atoms with E-state index in [2.05, 4.69) is 15.6 Å². The van der Waals surface area contributed by atoms with Gasteiger partial charge in [-0.25, -0.2) is 4.39 Å². The number of nitrogens with one attached hydrogen (secondary N) is 2. The summed E-state index contributed by atoms with van der Waals surface area (Å²) < 4.78 is 19.0. The number of benzene rings is 2. The molecule has 0 unspecified atom stereocenters. The molecule has 0 saturated heterocycles. The number of halogens is 1. The second-order valence-electron chi connectivity index (χ2n) is 5.90. The van der Waals surface area contributed by atoms with Gasteiger partial charge in [0.15, 0.2) is 0 Å². The van der Waals surface area contributed by atoms with E-state index in [4.69, 9.17) is 4.74 Å². The van der Waals surface area contributed by atoms with Gasteiger partial charge in [-0.2, -0.15) is 0 Å². The van der Waals surface area contributed by atoms with Crippen LogP contribution in [-0.2, 0) is 13.1 Å². The van der Waals surface area contributed by atoms with Crippen LogP contribution in [0.25, 0.3) is 0 Å². The molecule has 1 aromatic heterocycles. The summed E-state index contributed by atoms with van der Waals surface area (Å²) >= 11 is 0. The average molecular weight is 365 g/mol. The fourth-order valence-electron chi connectivity index (χ4n) is 2.63. The molecule has 0 saturated carbocycles. The topological polar surface area (TPSA) is 63.2 Å². The summed E-state index contributed by atoms with van der Waals surface area (Å²) in [7, 11) is 1.59. The third-order valence-electron chi connectivity index (χ3n) is 4.07. The maximum Gasteiger partial charge on any atom is 0.253 e. The third kappa shape index (κ3) is 4.82. The first-order valence-corrected chi connectivity index (χ1v) is 8.50. The lowest BCUT2D eigenvalue weighted by atomic mass is 10.2. The van der Waals surface area contributed by atoms with Crippen molar-refractivity contribution in [3.05, 3.63) is 89.5 Å². The molecule has 3 aromatic rings. The number of carbonyl (C=O) groups excluding carboxylic acids is 1. The van der Waals surface area contributed by atoms with Gasteiger partial charge in [0.25, 0.3) is 5.91 Å². The molecule has 0 aliphatic heterocycles. The summed E-state index contributed by atoms with van der Waals surface area (Å²) in [4.78, 5) is 16.5. The first-order chi connectivity index (χ1) is 13.2. The second kappa shape index (κ2) is 8.80. The zero-order valence-corrected chi connectivity index (χ0v) is 14.9. The highest BCUT2D eigenvalue weighted by atomic mass is 19.1. The van der Waals surface area contributed by atoms with Crippen molar-refractivity contribution in [1.82, 2.24) is 10.3 Å². The van der Waals surface area contributed by atoms with Crippen molar-refractivity contribution in [2.24, 2.45) is 0 Å².